The van der Waals surface area contributed by atoms with E-state index in [0.717, 1.165) is 0 Å². The summed E-state index contributed by atoms with van der Waals surface area (Å²) in [5, 5.41) is 0. The molecule has 1 aliphatic heterocycles. The van der Waals surface area contributed by atoms with Gasteiger partial charge in [0.25, 0.3) is 0 Å². The molecule has 4 fully saturated rings. The van der Waals surface area contributed by atoms with Crippen molar-refractivity contribution in [2.75, 3.05) is 25.4 Å². The molecule has 7 nitrogen and oxygen atoms in total. The SMILES string of the molecule is CC(C)(C)OC(=O)CC/C(=C\F)COc1ccc(S(=O)(=O)CC2CCN(C(=O)C34CC(F)(C3)C4)CC2)cc1. The van der Waals surface area contributed by atoms with Crippen LogP contribution in [0.2, 0.25) is 0 Å². The molecule has 1 aromatic carbocycles. The number of alkyl halides is 1. The molecular formula is C28H37F2NO6S. The lowest BCUT2D eigenvalue weighted by molar-refractivity contribution is -0.222. The third-order valence-electron chi connectivity index (χ3n) is 7.61. The molecule has 2 bridgehead atoms. The highest BCUT2D eigenvalue weighted by atomic mass is 32.2. The van der Waals surface area contributed by atoms with Crippen molar-refractivity contribution in [2.45, 2.75) is 81.9 Å². The standard InChI is InChI=1S/C28H37F2NO6S/c1-26(2,3)37-24(32)9-4-21(14-29)15-36-22-5-7-23(8-6-22)38(34,35)16-20-10-12-31(13-11-20)25(33)27-17-28(30,18-27)19-27/h5-8,14,20H,4,9-13,15-19H2,1-3H3/b21-14+. The lowest BCUT2D eigenvalue weighted by Gasteiger charge is -2.65. The fraction of sp³-hybridized carbons (Fsp3) is 0.643. The Bertz CT molecular complexity index is 1160. The van der Waals surface area contributed by atoms with E-state index in [1.807, 2.05) is 0 Å². The molecule has 5 rings (SSSR count). The van der Waals surface area contributed by atoms with E-state index in [4.69, 9.17) is 9.47 Å². The Morgan fingerprint density at radius 2 is 1.68 bits per heavy atom. The van der Waals surface area contributed by atoms with Crippen LogP contribution >= 0.6 is 0 Å². The van der Waals surface area contributed by atoms with Crippen LogP contribution < -0.4 is 4.74 Å². The van der Waals surface area contributed by atoms with Gasteiger partial charge in [-0.1, -0.05) is 0 Å². The summed E-state index contributed by atoms with van der Waals surface area (Å²) in [6.45, 7) is 6.22. The number of halogens is 2. The molecule has 0 spiro atoms. The summed E-state index contributed by atoms with van der Waals surface area (Å²) < 4.78 is 63.8. The second-order valence-electron chi connectivity index (χ2n) is 12.1. The fourth-order valence-electron chi connectivity index (χ4n) is 5.67. The van der Waals surface area contributed by atoms with Crippen molar-refractivity contribution in [1.82, 2.24) is 4.90 Å². The summed E-state index contributed by atoms with van der Waals surface area (Å²) in [5.41, 5.74) is -1.93. The van der Waals surface area contributed by atoms with E-state index < -0.39 is 32.5 Å². The number of amides is 1. The number of esters is 1. The number of rotatable bonds is 10. The van der Waals surface area contributed by atoms with Gasteiger partial charge in [-0.05, 0) is 95.1 Å². The van der Waals surface area contributed by atoms with Crippen molar-refractivity contribution in [3.63, 3.8) is 0 Å². The highest BCUT2D eigenvalue weighted by Gasteiger charge is 2.73. The van der Waals surface area contributed by atoms with Crippen LogP contribution in [0.15, 0.2) is 41.1 Å². The minimum absolute atomic E-state index is 0.00658. The molecule has 4 aliphatic rings. The zero-order valence-corrected chi connectivity index (χ0v) is 23.1. The maximum atomic E-state index is 13.8. The molecule has 0 radical (unpaired) electrons. The van der Waals surface area contributed by atoms with E-state index in [1.165, 1.54) is 24.3 Å². The van der Waals surface area contributed by atoms with Crippen LogP contribution in [0.3, 0.4) is 0 Å². The molecule has 3 aliphatic carbocycles. The summed E-state index contributed by atoms with van der Waals surface area (Å²) in [7, 11) is -3.54. The van der Waals surface area contributed by atoms with Crippen molar-refractivity contribution in [2.24, 2.45) is 11.3 Å². The van der Waals surface area contributed by atoms with Gasteiger partial charge >= 0.3 is 5.97 Å². The van der Waals surface area contributed by atoms with Crippen molar-refractivity contribution < 1.29 is 36.3 Å². The molecule has 0 atom stereocenters. The number of benzene rings is 1. The lowest BCUT2D eigenvalue weighted by Crippen LogP contribution is -2.70. The van der Waals surface area contributed by atoms with Gasteiger partial charge in [0.1, 0.15) is 23.6 Å². The predicted molar refractivity (Wildman–Crippen MR) is 138 cm³/mol. The molecule has 210 valence electrons. The van der Waals surface area contributed by atoms with Crippen molar-refractivity contribution in [1.29, 1.82) is 0 Å². The number of likely N-dealkylation sites (tertiary alicyclic amines) is 1. The van der Waals surface area contributed by atoms with Crippen LogP contribution in [0.1, 0.15) is 65.7 Å². The van der Waals surface area contributed by atoms with Crippen LogP contribution in [0.4, 0.5) is 8.78 Å². The van der Waals surface area contributed by atoms with Gasteiger partial charge in [0, 0.05) is 19.5 Å². The minimum atomic E-state index is -3.54. The van der Waals surface area contributed by atoms with Crippen LogP contribution in [0.25, 0.3) is 0 Å². The minimum Gasteiger partial charge on any atom is -0.489 e. The monoisotopic (exact) mass is 553 g/mol. The van der Waals surface area contributed by atoms with Gasteiger partial charge in [-0.3, -0.25) is 9.59 Å². The number of piperidine rings is 1. The summed E-state index contributed by atoms with van der Waals surface area (Å²) in [4.78, 5) is 26.5. The molecule has 38 heavy (non-hydrogen) atoms. The lowest BCUT2D eigenvalue weighted by atomic mass is 9.42. The summed E-state index contributed by atoms with van der Waals surface area (Å²) in [6.07, 6.45) is 2.81. The van der Waals surface area contributed by atoms with Crippen LogP contribution in [-0.2, 0) is 24.2 Å². The Hall–Kier alpha value is -2.49. The van der Waals surface area contributed by atoms with Crippen LogP contribution in [-0.4, -0.2) is 61.9 Å². The normalized spacial score (nSPS) is 25.8. The molecular weight excluding hydrogens is 516 g/mol. The number of carbonyl (C=O) groups is 2. The Balaban J connectivity index is 1.21. The molecule has 0 N–H and O–H groups in total. The van der Waals surface area contributed by atoms with Gasteiger partial charge < -0.3 is 14.4 Å². The Morgan fingerprint density at radius 1 is 1.08 bits per heavy atom. The summed E-state index contributed by atoms with van der Waals surface area (Å²) in [6, 6.07) is 6.00. The number of hydrogen-bond acceptors (Lipinski definition) is 6. The van der Waals surface area contributed by atoms with Crippen molar-refractivity contribution in [3.05, 3.63) is 36.2 Å². The van der Waals surface area contributed by atoms with Crippen LogP contribution in [0.5, 0.6) is 5.75 Å². The van der Waals surface area contributed by atoms with E-state index in [9.17, 15) is 26.8 Å². The first kappa shape index (κ1) is 28.5. The summed E-state index contributed by atoms with van der Waals surface area (Å²) >= 11 is 0. The number of sulfone groups is 1. The molecule has 0 unspecified atom stereocenters. The highest BCUT2D eigenvalue weighted by molar-refractivity contribution is 7.91. The van der Waals surface area contributed by atoms with E-state index in [2.05, 4.69) is 0 Å². The molecule has 10 heteroatoms. The Morgan fingerprint density at radius 3 is 2.21 bits per heavy atom. The first-order chi connectivity index (χ1) is 17.7. The average Bonchev–Trinajstić information content (AvgIpc) is 2.80. The van der Waals surface area contributed by atoms with E-state index in [0.29, 0.717) is 57.3 Å². The second kappa shape index (κ2) is 10.6. The molecule has 1 aromatic rings. The smallest absolute Gasteiger partial charge is 0.306 e. The third kappa shape index (κ3) is 6.55. The Labute approximate surface area is 223 Å². The van der Waals surface area contributed by atoms with Gasteiger partial charge in [-0.15, -0.1) is 0 Å². The molecule has 0 aromatic heterocycles. The van der Waals surface area contributed by atoms with Gasteiger partial charge in [0.05, 0.1) is 22.4 Å². The number of hydrogen-bond donors (Lipinski definition) is 0. The highest BCUT2D eigenvalue weighted by Crippen LogP contribution is 2.70. The molecule has 1 amide bonds. The van der Waals surface area contributed by atoms with Crippen molar-refractivity contribution in [3.8, 4) is 5.75 Å². The average molecular weight is 554 g/mol. The predicted octanol–water partition coefficient (Wildman–Crippen LogP) is 4.95. The quantitative estimate of drug-likeness (QED) is 0.381. The molecule has 1 saturated heterocycles. The Kier molecular flexibility index (Phi) is 7.94. The second-order valence-corrected chi connectivity index (χ2v) is 14.1. The fourth-order valence-corrected chi connectivity index (χ4v) is 7.37. The largest absolute Gasteiger partial charge is 0.489 e. The third-order valence-corrected chi connectivity index (χ3v) is 9.51. The van der Waals surface area contributed by atoms with Gasteiger partial charge in [-0.2, -0.15) is 0 Å². The van der Waals surface area contributed by atoms with Gasteiger partial charge in [-0.25, -0.2) is 17.2 Å². The summed E-state index contributed by atoms with van der Waals surface area (Å²) in [5.74, 6) is -0.0656. The first-order valence-corrected chi connectivity index (χ1v) is 14.8. The zero-order chi connectivity index (χ0) is 27.8. The molecule has 3 saturated carbocycles. The van der Waals surface area contributed by atoms with E-state index in [1.54, 1.807) is 25.7 Å². The van der Waals surface area contributed by atoms with Crippen molar-refractivity contribution >= 4 is 21.7 Å². The number of ether oxygens (including phenoxy) is 2. The number of nitrogens with zero attached hydrogens (tertiary/aromatic N) is 1. The van der Waals surface area contributed by atoms with Gasteiger partial charge in [0.15, 0.2) is 9.84 Å². The maximum Gasteiger partial charge on any atom is 0.306 e. The topological polar surface area (TPSA) is 90.0 Å². The maximum absolute atomic E-state index is 13.8. The zero-order valence-electron chi connectivity index (χ0n) is 22.3. The first-order valence-electron chi connectivity index (χ1n) is 13.2. The van der Waals surface area contributed by atoms with E-state index >= 15 is 0 Å². The number of carbonyl (C=O) groups excluding carboxylic acids is 2. The van der Waals surface area contributed by atoms with E-state index in [-0.39, 0.29) is 47.5 Å². The van der Waals surface area contributed by atoms with Crippen LogP contribution in [0, 0.1) is 11.3 Å². The van der Waals surface area contributed by atoms with Gasteiger partial charge in [0.2, 0.25) is 5.91 Å². The molecule has 1 heterocycles.